The van der Waals surface area contributed by atoms with Crippen molar-refractivity contribution in [3.05, 3.63) is 66.7 Å². The summed E-state index contributed by atoms with van der Waals surface area (Å²) in [6.07, 6.45) is 4.38. The van der Waals surface area contributed by atoms with E-state index in [4.69, 9.17) is 9.15 Å². The molecule has 4 rings (SSSR count). The van der Waals surface area contributed by atoms with Crippen molar-refractivity contribution in [1.82, 2.24) is 15.1 Å². The van der Waals surface area contributed by atoms with Crippen LogP contribution in [-0.2, 0) is 6.54 Å². The Morgan fingerprint density at radius 3 is 2.85 bits per heavy atom. The minimum Gasteiger partial charge on any atom is -0.426 e. The highest BCUT2D eigenvalue weighted by Crippen LogP contribution is 2.28. The predicted octanol–water partition coefficient (Wildman–Crippen LogP) is 2.84. The highest BCUT2D eigenvalue weighted by atomic mass is 16.6. The number of carbonyl (C=O) groups excluding carboxylic acids is 1. The molecule has 1 amide bonds. The van der Waals surface area contributed by atoms with Crippen molar-refractivity contribution in [2.24, 2.45) is 5.92 Å². The number of amides is 1. The van der Waals surface area contributed by atoms with Gasteiger partial charge in [0.15, 0.2) is 5.76 Å². The number of aliphatic hydroxyl groups is 1. The summed E-state index contributed by atoms with van der Waals surface area (Å²) >= 11 is 0. The summed E-state index contributed by atoms with van der Waals surface area (Å²) in [5.41, 5.74) is 0. The van der Waals surface area contributed by atoms with Gasteiger partial charge in [0.05, 0.1) is 12.1 Å². The maximum absolute atomic E-state index is 12.4. The summed E-state index contributed by atoms with van der Waals surface area (Å²) in [6.45, 7) is 0.728. The third kappa shape index (κ3) is 4.20. The van der Waals surface area contributed by atoms with Crippen LogP contribution < -0.4 is 10.1 Å². The molecule has 0 aliphatic heterocycles. The molecule has 0 spiro atoms. The van der Waals surface area contributed by atoms with Crippen LogP contribution in [0.1, 0.15) is 23.4 Å². The number of carbonyl (C=O) groups is 1. The average molecular weight is 367 g/mol. The number of aromatic nitrogens is 2. The summed E-state index contributed by atoms with van der Waals surface area (Å²) in [7, 11) is 0. The molecule has 3 atom stereocenters. The standard InChI is InChI=1S/C20H21N3O4/c24-17-12-14(13-23-10-4-9-21-23)11-16(17)22-20(25)18-7-8-19(27-18)26-15-5-2-1-3-6-15/h1-10,14,16-17,24H,11-13H2,(H,22,25)/t14?,16-,17-/m1/s1. The topological polar surface area (TPSA) is 89.5 Å². The first kappa shape index (κ1) is 17.4. The molecule has 1 aromatic carbocycles. The number of furan rings is 1. The van der Waals surface area contributed by atoms with Gasteiger partial charge in [-0.05, 0) is 43.0 Å². The minimum atomic E-state index is -0.579. The first-order chi connectivity index (χ1) is 13.2. The van der Waals surface area contributed by atoms with Gasteiger partial charge >= 0.3 is 0 Å². The molecule has 7 heteroatoms. The van der Waals surface area contributed by atoms with E-state index in [0.29, 0.717) is 18.6 Å². The second-order valence-electron chi connectivity index (χ2n) is 6.75. The van der Waals surface area contributed by atoms with Crippen molar-refractivity contribution in [2.45, 2.75) is 31.5 Å². The van der Waals surface area contributed by atoms with Crippen LogP contribution in [0, 0.1) is 5.92 Å². The fourth-order valence-electron chi connectivity index (χ4n) is 3.44. The Labute approximate surface area is 156 Å². The fourth-order valence-corrected chi connectivity index (χ4v) is 3.44. The molecule has 0 radical (unpaired) electrons. The fraction of sp³-hybridized carbons (Fsp3) is 0.300. The average Bonchev–Trinajstić information content (AvgIpc) is 3.39. The van der Waals surface area contributed by atoms with Crippen LogP contribution in [0.25, 0.3) is 0 Å². The Balaban J connectivity index is 1.33. The van der Waals surface area contributed by atoms with Crippen molar-refractivity contribution in [3.63, 3.8) is 0 Å². The van der Waals surface area contributed by atoms with E-state index in [1.807, 2.05) is 35.1 Å². The molecule has 140 valence electrons. The number of aliphatic hydroxyl groups excluding tert-OH is 1. The molecule has 2 heterocycles. The maximum Gasteiger partial charge on any atom is 0.290 e. The number of nitrogens with zero attached hydrogens (tertiary/aromatic N) is 2. The molecule has 2 N–H and O–H groups in total. The van der Waals surface area contributed by atoms with E-state index in [1.54, 1.807) is 30.5 Å². The van der Waals surface area contributed by atoms with E-state index in [-0.39, 0.29) is 29.6 Å². The van der Waals surface area contributed by atoms with Gasteiger partial charge in [-0.3, -0.25) is 9.48 Å². The Kier molecular flexibility index (Phi) is 4.93. The van der Waals surface area contributed by atoms with Crippen molar-refractivity contribution < 1.29 is 19.1 Å². The van der Waals surface area contributed by atoms with Gasteiger partial charge in [0, 0.05) is 25.0 Å². The Bertz CT molecular complexity index is 876. The van der Waals surface area contributed by atoms with Gasteiger partial charge in [-0.15, -0.1) is 0 Å². The number of rotatable bonds is 6. The second-order valence-corrected chi connectivity index (χ2v) is 6.75. The first-order valence-corrected chi connectivity index (χ1v) is 8.96. The zero-order valence-corrected chi connectivity index (χ0v) is 14.7. The lowest BCUT2D eigenvalue weighted by Crippen LogP contribution is -2.39. The molecule has 1 aliphatic rings. The molecule has 1 unspecified atom stereocenters. The normalized spacial score (nSPS) is 21.9. The quantitative estimate of drug-likeness (QED) is 0.699. The molecule has 0 saturated heterocycles. The van der Waals surface area contributed by atoms with Gasteiger partial charge in [-0.1, -0.05) is 18.2 Å². The number of ether oxygens (including phenoxy) is 1. The van der Waals surface area contributed by atoms with E-state index in [0.717, 1.165) is 6.54 Å². The lowest BCUT2D eigenvalue weighted by molar-refractivity contribution is 0.0841. The maximum atomic E-state index is 12.4. The summed E-state index contributed by atoms with van der Waals surface area (Å²) in [5.74, 6) is 0.936. The van der Waals surface area contributed by atoms with Gasteiger partial charge < -0.3 is 19.6 Å². The summed E-state index contributed by atoms with van der Waals surface area (Å²) < 4.78 is 12.9. The van der Waals surface area contributed by atoms with Crippen LogP contribution in [0.15, 0.2) is 65.3 Å². The third-order valence-electron chi connectivity index (χ3n) is 4.71. The van der Waals surface area contributed by atoms with Gasteiger partial charge in [-0.25, -0.2) is 0 Å². The molecule has 3 aromatic rings. The van der Waals surface area contributed by atoms with Crippen molar-refractivity contribution in [1.29, 1.82) is 0 Å². The van der Waals surface area contributed by atoms with Crippen LogP contribution in [0.4, 0.5) is 0 Å². The third-order valence-corrected chi connectivity index (χ3v) is 4.71. The number of benzene rings is 1. The van der Waals surface area contributed by atoms with Crippen molar-refractivity contribution in [2.75, 3.05) is 0 Å². The van der Waals surface area contributed by atoms with E-state index in [1.165, 1.54) is 0 Å². The highest BCUT2D eigenvalue weighted by molar-refractivity contribution is 5.91. The predicted molar refractivity (Wildman–Crippen MR) is 97.4 cm³/mol. The van der Waals surface area contributed by atoms with Crippen LogP contribution >= 0.6 is 0 Å². The smallest absolute Gasteiger partial charge is 0.290 e. The van der Waals surface area contributed by atoms with Crippen molar-refractivity contribution in [3.8, 4) is 11.7 Å². The van der Waals surface area contributed by atoms with Gasteiger partial charge in [0.25, 0.3) is 11.9 Å². The zero-order chi connectivity index (χ0) is 18.6. The Morgan fingerprint density at radius 2 is 2.07 bits per heavy atom. The van der Waals surface area contributed by atoms with E-state index in [2.05, 4.69) is 10.4 Å². The van der Waals surface area contributed by atoms with Crippen molar-refractivity contribution >= 4 is 5.91 Å². The molecule has 0 bridgehead atoms. The SMILES string of the molecule is O=C(N[C@@H]1CC(Cn2cccn2)C[C@H]1O)c1ccc(Oc2ccccc2)o1. The van der Waals surface area contributed by atoms with Crippen LogP contribution in [0.2, 0.25) is 0 Å². The number of hydrogen-bond donors (Lipinski definition) is 2. The van der Waals surface area contributed by atoms with Gasteiger partial charge in [0.2, 0.25) is 0 Å². The molecular weight excluding hydrogens is 346 g/mol. The molecule has 2 aromatic heterocycles. The van der Waals surface area contributed by atoms with Gasteiger partial charge in [-0.2, -0.15) is 5.10 Å². The number of para-hydroxylation sites is 1. The van der Waals surface area contributed by atoms with Gasteiger partial charge in [0.1, 0.15) is 5.75 Å². The second kappa shape index (κ2) is 7.67. The van der Waals surface area contributed by atoms with E-state index >= 15 is 0 Å². The number of nitrogens with one attached hydrogen (secondary N) is 1. The first-order valence-electron chi connectivity index (χ1n) is 8.96. The Morgan fingerprint density at radius 1 is 1.22 bits per heavy atom. The lowest BCUT2D eigenvalue weighted by Gasteiger charge is -2.15. The molecule has 7 nitrogen and oxygen atoms in total. The van der Waals surface area contributed by atoms with Crippen LogP contribution in [0.5, 0.6) is 11.7 Å². The van der Waals surface area contributed by atoms with Crippen LogP contribution in [0.3, 0.4) is 0 Å². The summed E-state index contributed by atoms with van der Waals surface area (Å²) in [6, 6.07) is 13.9. The largest absolute Gasteiger partial charge is 0.426 e. The Hall–Kier alpha value is -3.06. The van der Waals surface area contributed by atoms with E-state index < -0.39 is 6.10 Å². The van der Waals surface area contributed by atoms with E-state index in [9.17, 15) is 9.90 Å². The lowest BCUT2D eigenvalue weighted by atomic mass is 10.1. The summed E-state index contributed by atoms with van der Waals surface area (Å²) in [4.78, 5) is 12.4. The molecule has 1 fully saturated rings. The zero-order valence-electron chi connectivity index (χ0n) is 14.7. The molecule has 1 saturated carbocycles. The molecule has 1 aliphatic carbocycles. The molecule has 27 heavy (non-hydrogen) atoms. The van der Waals surface area contributed by atoms with Crippen LogP contribution in [-0.4, -0.2) is 32.9 Å². The summed E-state index contributed by atoms with van der Waals surface area (Å²) in [5, 5.41) is 17.3. The molecular formula is C20H21N3O4. The monoisotopic (exact) mass is 367 g/mol. The minimum absolute atomic E-state index is 0.156. The number of hydrogen-bond acceptors (Lipinski definition) is 5. The highest BCUT2D eigenvalue weighted by Gasteiger charge is 2.34.